The monoisotopic (exact) mass is 410 g/mol. The van der Waals surface area contributed by atoms with Gasteiger partial charge in [-0.15, -0.1) is 0 Å². The van der Waals surface area contributed by atoms with Gasteiger partial charge < -0.3 is 5.32 Å². The summed E-state index contributed by atoms with van der Waals surface area (Å²) in [6.45, 7) is 3.62. The summed E-state index contributed by atoms with van der Waals surface area (Å²) in [5, 5.41) is 3.23. The molecule has 2 N–H and O–H groups in total. The quantitative estimate of drug-likeness (QED) is 0.803. The third-order valence-corrected chi connectivity index (χ3v) is 6.38. The minimum Gasteiger partial charge on any atom is -0.317 e. The predicted octanol–water partition coefficient (Wildman–Crippen LogP) is 2.63. The third kappa shape index (κ3) is 3.78. The zero-order valence-electron chi connectivity index (χ0n) is 10.5. The molecule has 1 aromatic carbocycles. The lowest BCUT2D eigenvalue weighted by molar-refractivity contribution is 0.308. The Kier molecular flexibility index (Phi) is 4.72. The molecule has 1 aromatic rings. The molecule has 0 atom stereocenters. The van der Waals surface area contributed by atoms with Gasteiger partial charge in [0, 0.05) is 14.5 Å². The van der Waals surface area contributed by atoms with E-state index in [1.807, 2.05) is 6.92 Å². The number of rotatable bonds is 3. The van der Waals surface area contributed by atoms with Gasteiger partial charge in [0.2, 0.25) is 10.0 Å². The summed E-state index contributed by atoms with van der Waals surface area (Å²) in [5.41, 5.74) is -0.378. The second-order valence-electron chi connectivity index (χ2n) is 4.99. The molecule has 1 saturated heterocycles. The van der Waals surface area contributed by atoms with Crippen molar-refractivity contribution in [3.8, 4) is 0 Å². The Bertz CT molecular complexity index is 569. The molecular weight excluding hydrogens is 396 g/mol. The van der Waals surface area contributed by atoms with Crippen molar-refractivity contribution in [2.75, 3.05) is 13.1 Å². The molecule has 0 amide bonds. The van der Waals surface area contributed by atoms with Gasteiger partial charge in [-0.3, -0.25) is 0 Å². The van der Waals surface area contributed by atoms with Crippen molar-refractivity contribution in [2.45, 2.75) is 30.2 Å². The summed E-state index contributed by atoms with van der Waals surface area (Å²) in [7, 11) is -3.51. The summed E-state index contributed by atoms with van der Waals surface area (Å²) in [6, 6.07) is 5.06. The first-order chi connectivity index (χ1) is 8.82. The zero-order valence-corrected chi connectivity index (χ0v) is 14.5. The average molecular weight is 412 g/mol. The Hall–Kier alpha value is 0.0500. The molecule has 1 aliphatic heterocycles. The number of piperidine rings is 1. The molecule has 2 rings (SSSR count). The molecule has 4 nitrogen and oxygen atoms in total. The van der Waals surface area contributed by atoms with E-state index in [4.69, 9.17) is 0 Å². The fourth-order valence-electron chi connectivity index (χ4n) is 2.15. The van der Waals surface area contributed by atoms with Gasteiger partial charge >= 0.3 is 0 Å². The van der Waals surface area contributed by atoms with E-state index >= 15 is 0 Å². The van der Waals surface area contributed by atoms with E-state index in [1.165, 1.54) is 0 Å². The molecule has 0 aromatic heterocycles. The van der Waals surface area contributed by atoms with Crippen LogP contribution in [0.25, 0.3) is 0 Å². The van der Waals surface area contributed by atoms with Crippen molar-refractivity contribution >= 4 is 41.9 Å². The summed E-state index contributed by atoms with van der Waals surface area (Å²) >= 11 is 6.62. The van der Waals surface area contributed by atoms with Crippen molar-refractivity contribution in [3.05, 3.63) is 27.1 Å². The highest BCUT2D eigenvalue weighted by molar-refractivity contribution is 9.11. The molecule has 19 heavy (non-hydrogen) atoms. The highest BCUT2D eigenvalue weighted by Crippen LogP contribution is 2.28. The topological polar surface area (TPSA) is 58.2 Å². The van der Waals surface area contributed by atoms with E-state index < -0.39 is 10.0 Å². The molecule has 106 valence electrons. The van der Waals surface area contributed by atoms with E-state index in [2.05, 4.69) is 41.9 Å². The largest absolute Gasteiger partial charge is 0.317 e. The zero-order chi connectivity index (χ0) is 14.1. The number of nitrogens with one attached hydrogen (secondary N) is 2. The molecule has 7 heteroatoms. The Labute approximate surface area is 130 Å². The summed E-state index contributed by atoms with van der Waals surface area (Å²) in [6.07, 6.45) is 1.58. The molecule has 0 bridgehead atoms. The number of benzene rings is 1. The van der Waals surface area contributed by atoms with Crippen molar-refractivity contribution in [3.63, 3.8) is 0 Å². The van der Waals surface area contributed by atoms with Gasteiger partial charge in [0.1, 0.15) is 0 Å². The van der Waals surface area contributed by atoms with Gasteiger partial charge in [-0.1, -0.05) is 15.9 Å². The van der Waals surface area contributed by atoms with Gasteiger partial charge in [0.25, 0.3) is 0 Å². The van der Waals surface area contributed by atoms with Crippen LogP contribution >= 0.6 is 31.9 Å². The van der Waals surface area contributed by atoms with E-state index in [1.54, 1.807) is 18.2 Å². The van der Waals surface area contributed by atoms with Crippen LogP contribution in [0.3, 0.4) is 0 Å². The minimum atomic E-state index is -3.51. The maximum absolute atomic E-state index is 12.5. The second-order valence-corrected chi connectivity index (χ2v) is 8.41. The summed E-state index contributed by atoms with van der Waals surface area (Å²) < 4.78 is 29.2. The number of hydrogen-bond acceptors (Lipinski definition) is 3. The molecule has 0 aliphatic carbocycles. The molecule has 1 heterocycles. The van der Waals surface area contributed by atoms with Crippen LogP contribution in [0.2, 0.25) is 0 Å². The third-order valence-electron chi connectivity index (χ3n) is 3.27. The minimum absolute atomic E-state index is 0.274. The molecule has 1 fully saturated rings. The van der Waals surface area contributed by atoms with Crippen LogP contribution in [-0.4, -0.2) is 27.0 Å². The maximum atomic E-state index is 12.5. The van der Waals surface area contributed by atoms with Crippen LogP contribution in [0.4, 0.5) is 0 Å². The fraction of sp³-hybridized carbons (Fsp3) is 0.500. The van der Waals surface area contributed by atoms with Crippen LogP contribution in [0.1, 0.15) is 19.8 Å². The van der Waals surface area contributed by atoms with E-state index in [9.17, 15) is 8.42 Å². The molecule has 0 unspecified atom stereocenters. The summed E-state index contributed by atoms with van der Waals surface area (Å²) in [5.74, 6) is 0. The van der Waals surface area contributed by atoms with Gasteiger partial charge in [-0.2, -0.15) is 0 Å². The van der Waals surface area contributed by atoms with Gasteiger partial charge in [-0.25, -0.2) is 13.1 Å². The normalized spacial score (nSPS) is 19.3. The average Bonchev–Trinajstić information content (AvgIpc) is 2.27. The van der Waals surface area contributed by atoms with Gasteiger partial charge in [-0.05, 0) is 67.0 Å². The predicted molar refractivity (Wildman–Crippen MR) is 82.7 cm³/mol. The first-order valence-electron chi connectivity index (χ1n) is 6.02. The molecule has 0 spiro atoms. The Morgan fingerprint density at radius 3 is 2.47 bits per heavy atom. The van der Waals surface area contributed by atoms with Crippen LogP contribution in [0.15, 0.2) is 32.0 Å². The van der Waals surface area contributed by atoms with Gasteiger partial charge in [0.15, 0.2) is 0 Å². The lowest BCUT2D eigenvalue weighted by Gasteiger charge is -2.34. The molecule has 0 saturated carbocycles. The van der Waals surface area contributed by atoms with Crippen LogP contribution in [0, 0.1) is 0 Å². The van der Waals surface area contributed by atoms with E-state index in [0.717, 1.165) is 30.4 Å². The highest BCUT2D eigenvalue weighted by Gasteiger charge is 2.32. The number of sulfonamides is 1. The second kappa shape index (κ2) is 5.81. The first kappa shape index (κ1) is 15.4. The van der Waals surface area contributed by atoms with E-state index in [-0.39, 0.29) is 10.4 Å². The Morgan fingerprint density at radius 2 is 1.89 bits per heavy atom. The van der Waals surface area contributed by atoms with Crippen molar-refractivity contribution in [1.29, 1.82) is 0 Å². The van der Waals surface area contributed by atoms with Crippen molar-refractivity contribution in [2.24, 2.45) is 0 Å². The van der Waals surface area contributed by atoms with Crippen LogP contribution in [-0.2, 0) is 10.0 Å². The lowest BCUT2D eigenvalue weighted by atomic mass is 9.92. The SMILES string of the molecule is CC1(NS(=O)(=O)c2ccc(Br)cc2Br)CCNCC1. The standard InChI is InChI=1S/C12H16Br2N2O2S/c1-12(4-6-15-7-5-12)16-19(17,18)11-3-2-9(13)8-10(11)14/h2-3,8,15-16H,4-7H2,1H3. The number of hydrogen-bond donors (Lipinski definition) is 2. The first-order valence-corrected chi connectivity index (χ1v) is 9.09. The van der Waals surface area contributed by atoms with Crippen molar-refractivity contribution in [1.82, 2.24) is 10.0 Å². The van der Waals surface area contributed by atoms with E-state index in [0.29, 0.717) is 4.47 Å². The van der Waals surface area contributed by atoms with Crippen molar-refractivity contribution < 1.29 is 8.42 Å². The molecular formula is C12H16Br2N2O2S. The number of halogens is 2. The smallest absolute Gasteiger partial charge is 0.242 e. The fourth-order valence-corrected chi connectivity index (χ4v) is 5.37. The maximum Gasteiger partial charge on any atom is 0.242 e. The van der Waals surface area contributed by atoms with Gasteiger partial charge in [0.05, 0.1) is 4.90 Å². The van der Waals surface area contributed by atoms with Crippen LogP contribution in [0.5, 0.6) is 0 Å². The lowest BCUT2D eigenvalue weighted by Crippen LogP contribution is -2.52. The van der Waals surface area contributed by atoms with Crippen LogP contribution < -0.4 is 10.0 Å². The Balaban J connectivity index is 2.27. The molecule has 0 radical (unpaired) electrons. The molecule has 1 aliphatic rings. The summed E-state index contributed by atoms with van der Waals surface area (Å²) in [4.78, 5) is 0.274. The highest BCUT2D eigenvalue weighted by atomic mass is 79.9. The Morgan fingerprint density at radius 1 is 1.26 bits per heavy atom.